The maximum Gasteiger partial charge on any atom is 0.0964 e. The molecule has 0 aliphatic carbocycles. The van der Waals surface area contributed by atoms with Crippen LogP contribution in [0.3, 0.4) is 0 Å². The van der Waals surface area contributed by atoms with Gasteiger partial charge in [0.25, 0.3) is 0 Å². The Labute approximate surface area is 159 Å². The molecule has 1 atom stereocenters. The molecule has 5 nitrogen and oxygen atoms in total. The summed E-state index contributed by atoms with van der Waals surface area (Å²) in [5.74, 6) is 0. The summed E-state index contributed by atoms with van der Waals surface area (Å²) < 4.78 is 5.77. The molecule has 1 aliphatic heterocycles. The van der Waals surface area contributed by atoms with E-state index in [0.717, 1.165) is 46.3 Å². The number of ether oxygens (including phenoxy) is 1. The third-order valence-corrected chi connectivity index (χ3v) is 4.37. The molecule has 4 N–H and O–H groups in total. The van der Waals surface area contributed by atoms with Crippen LogP contribution in [0, 0.1) is 6.92 Å². The lowest BCUT2D eigenvalue weighted by molar-refractivity contribution is 0.0278. The Kier molecular flexibility index (Phi) is 7.47. The van der Waals surface area contributed by atoms with Crippen molar-refractivity contribution in [1.82, 2.24) is 10.3 Å². The highest BCUT2D eigenvalue weighted by Gasteiger charge is 2.18. The number of benzene rings is 1. The van der Waals surface area contributed by atoms with E-state index in [1.807, 2.05) is 31.2 Å². The van der Waals surface area contributed by atoms with Crippen molar-refractivity contribution in [3.8, 4) is 0 Å². The number of halogens is 2. The Bertz CT molecular complexity index is 705. The van der Waals surface area contributed by atoms with Gasteiger partial charge < -0.3 is 21.1 Å². The summed E-state index contributed by atoms with van der Waals surface area (Å²) >= 11 is 6.44. The molecule has 25 heavy (non-hydrogen) atoms. The Morgan fingerprint density at radius 1 is 1.36 bits per heavy atom. The zero-order valence-corrected chi connectivity index (χ0v) is 15.8. The van der Waals surface area contributed by atoms with Crippen molar-refractivity contribution in [2.75, 3.05) is 25.0 Å². The normalized spacial score (nSPS) is 17.0. The van der Waals surface area contributed by atoms with Crippen molar-refractivity contribution in [3.63, 3.8) is 0 Å². The van der Waals surface area contributed by atoms with Crippen LogP contribution in [0.2, 0.25) is 5.02 Å². The molecule has 2 heterocycles. The number of rotatable bonds is 5. The van der Waals surface area contributed by atoms with Crippen LogP contribution < -0.4 is 16.4 Å². The fourth-order valence-corrected chi connectivity index (χ4v) is 3.19. The Morgan fingerprint density at radius 2 is 2.20 bits per heavy atom. The molecule has 136 valence electrons. The van der Waals surface area contributed by atoms with E-state index in [-0.39, 0.29) is 18.5 Å². The molecule has 1 aromatic heterocycles. The van der Waals surface area contributed by atoms with Gasteiger partial charge in [-0.25, -0.2) is 0 Å². The third-order valence-electron chi connectivity index (χ3n) is 4.05. The molecule has 0 bridgehead atoms. The second-order valence-electron chi connectivity index (χ2n) is 5.97. The lowest BCUT2D eigenvalue weighted by atomic mass is 10.1. The molecule has 0 amide bonds. The summed E-state index contributed by atoms with van der Waals surface area (Å²) in [5.41, 5.74) is 10.7. The van der Waals surface area contributed by atoms with Gasteiger partial charge in [0.2, 0.25) is 0 Å². The highest BCUT2D eigenvalue weighted by molar-refractivity contribution is 6.31. The Hall–Kier alpha value is -1.37. The van der Waals surface area contributed by atoms with E-state index >= 15 is 0 Å². The van der Waals surface area contributed by atoms with Gasteiger partial charge in [-0.15, -0.1) is 12.4 Å². The van der Waals surface area contributed by atoms with Gasteiger partial charge in [0.15, 0.2) is 0 Å². The molecule has 0 saturated carbocycles. The Morgan fingerprint density at radius 3 is 2.88 bits per heavy atom. The molecule has 1 aliphatic rings. The van der Waals surface area contributed by atoms with Crippen LogP contribution in [-0.4, -0.2) is 24.7 Å². The average molecular weight is 383 g/mol. The van der Waals surface area contributed by atoms with Crippen LogP contribution in [0.1, 0.15) is 28.6 Å². The minimum Gasteiger partial charge on any atom is -0.381 e. The highest BCUT2D eigenvalue weighted by atomic mass is 35.5. The first kappa shape index (κ1) is 19.9. The van der Waals surface area contributed by atoms with Crippen molar-refractivity contribution in [2.24, 2.45) is 5.73 Å². The maximum absolute atomic E-state index is 6.44. The highest BCUT2D eigenvalue weighted by Crippen LogP contribution is 2.29. The average Bonchev–Trinajstić information content (AvgIpc) is 2.60. The second-order valence-corrected chi connectivity index (χ2v) is 6.37. The first-order chi connectivity index (χ1) is 11.7. The number of nitrogens with two attached hydrogens (primary N) is 1. The Balaban J connectivity index is 0.00000225. The van der Waals surface area contributed by atoms with Crippen molar-refractivity contribution in [1.29, 1.82) is 0 Å². The minimum atomic E-state index is 0. The zero-order chi connectivity index (χ0) is 16.9. The van der Waals surface area contributed by atoms with Gasteiger partial charge >= 0.3 is 0 Å². The van der Waals surface area contributed by atoms with E-state index in [1.54, 1.807) is 0 Å². The molecule has 2 aromatic rings. The summed E-state index contributed by atoms with van der Waals surface area (Å²) in [6, 6.07) is 10.1. The van der Waals surface area contributed by atoms with Gasteiger partial charge in [-0.2, -0.15) is 0 Å². The SMILES string of the molecule is Cc1cc(CNc2ccc([C@H]3CNCCO3)c(Cl)c2)cc(CN)n1.Cl. The lowest BCUT2D eigenvalue weighted by Gasteiger charge is -2.25. The topological polar surface area (TPSA) is 72.2 Å². The number of anilines is 1. The van der Waals surface area contributed by atoms with Gasteiger partial charge in [-0.05, 0) is 36.8 Å². The quantitative estimate of drug-likeness (QED) is 0.740. The predicted octanol–water partition coefficient (Wildman–Crippen LogP) is 3.20. The molecule has 1 fully saturated rings. The maximum atomic E-state index is 6.44. The van der Waals surface area contributed by atoms with Crippen LogP contribution in [0.15, 0.2) is 30.3 Å². The first-order valence-corrected chi connectivity index (χ1v) is 8.55. The summed E-state index contributed by atoms with van der Waals surface area (Å²) in [6.45, 7) is 5.53. The van der Waals surface area contributed by atoms with E-state index in [0.29, 0.717) is 19.7 Å². The number of aryl methyl sites for hydroxylation is 1. The van der Waals surface area contributed by atoms with E-state index in [2.05, 4.69) is 21.7 Å². The summed E-state index contributed by atoms with van der Waals surface area (Å²) in [4.78, 5) is 4.39. The lowest BCUT2D eigenvalue weighted by Crippen LogP contribution is -2.33. The molecule has 1 aromatic carbocycles. The van der Waals surface area contributed by atoms with E-state index in [1.165, 1.54) is 0 Å². The van der Waals surface area contributed by atoms with Crippen LogP contribution >= 0.6 is 24.0 Å². The van der Waals surface area contributed by atoms with Crippen LogP contribution in [0.5, 0.6) is 0 Å². The first-order valence-electron chi connectivity index (χ1n) is 8.18. The van der Waals surface area contributed by atoms with Gasteiger partial charge in [-0.3, -0.25) is 4.98 Å². The zero-order valence-electron chi connectivity index (χ0n) is 14.2. The fraction of sp³-hybridized carbons (Fsp3) is 0.389. The molecule has 7 heteroatoms. The molecular weight excluding hydrogens is 359 g/mol. The number of hydrogen-bond donors (Lipinski definition) is 3. The van der Waals surface area contributed by atoms with Crippen molar-refractivity contribution < 1.29 is 4.74 Å². The predicted molar refractivity (Wildman–Crippen MR) is 104 cm³/mol. The number of aromatic nitrogens is 1. The monoisotopic (exact) mass is 382 g/mol. The van der Waals surface area contributed by atoms with Crippen LogP contribution in [-0.2, 0) is 17.8 Å². The summed E-state index contributed by atoms with van der Waals surface area (Å²) in [5, 5.41) is 7.45. The van der Waals surface area contributed by atoms with Crippen molar-refractivity contribution >= 4 is 29.7 Å². The van der Waals surface area contributed by atoms with Gasteiger partial charge in [0.05, 0.1) is 18.4 Å². The third kappa shape index (κ3) is 5.30. The summed E-state index contributed by atoms with van der Waals surface area (Å²) in [6.07, 6.45) is 0.0234. The number of pyridine rings is 1. The second kappa shape index (κ2) is 9.36. The number of hydrogen-bond acceptors (Lipinski definition) is 5. The molecule has 0 radical (unpaired) electrons. The largest absolute Gasteiger partial charge is 0.381 e. The molecule has 3 rings (SSSR count). The van der Waals surface area contributed by atoms with Crippen molar-refractivity contribution in [2.45, 2.75) is 26.1 Å². The number of nitrogens with one attached hydrogen (secondary N) is 2. The number of nitrogens with zero attached hydrogens (tertiary/aromatic N) is 1. The number of morpholine rings is 1. The van der Waals surface area contributed by atoms with Crippen molar-refractivity contribution in [3.05, 3.63) is 57.9 Å². The summed E-state index contributed by atoms with van der Waals surface area (Å²) in [7, 11) is 0. The fourth-order valence-electron chi connectivity index (χ4n) is 2.89. The van der Waals surface area contributed by atoms with Crippen LogP contribution in [0.4, 0.5) is 5.69 Å². The molecular formula is C18H24Cl2N4O. The van der Waals surface area contributed by atoms with Gasteiger partial charge in [0, 0.05) is 48.1 Å². The van der Waals surface area contributed by atoms with Crippen LogP contribution in [0.25, 0.3) is 0 Å². The van der Waals surface area contributed by atoms with Gasteiger partial charge in [-0.1, -0.05) is 17.7 Å². The van der Waals surface area contributed by atoms with E-state index in [9.17, 15) is 0 Å². The van der Waals surface area contributed by atoms with E-state index < -0.39 is 0 Å². The smallest absolute Gasteiger partial charge is 0.0964 e. The molecule has 0 unspecified atom stereocenters. The standard InChI is InChI=1S/C18H23ClN4O.ClH/c1-12-6-13(7-15(9-20)23-12)10-22-14-2-3-16(17(19)8-14)18-11-21-4-5-24-18;/h2-3,6-8,18,21-22H,4-5,9-11,20H2,1H3;1H/t18-;/m1./s1. The van der Waals surface area contributed by atoms with Gasteiger partial charge in [0.1, 0.15) is 0 Å². The van der Waals surface area contributed by atoms with E-state index in [4.69, 9.17) is 22.1 Å². The molecule has 1 saturated heterocycles. The minimum absolute atomic E-state index is 0. The molecule has 0 spiro atoms.